The molecular formula is C29H30ClN7O2. The third-order valence-corrected chi connectivity index (χ3v) is 7.25. The third kappa shape index (κ3) is 5.75. The number of halogens is 1. The number of nitrogens with zero attached hydrogens (tertiary/aromatic N) is 6. The number of tetrazole rings is 1. The number of H-pyrrole nitrogens is 1. The van der Waals surface area contributed by atoms with E-state index in [0.29, 0.717) is 42.7 Å². The Labute approximate surface area is 231 Å². The zero-order valence-corrected chi connectivity index (χ0v) is 22.9. The summed E-state index contributed by atoms with van der Waals surface area (Å²) in [5.41, 5.74) is 5.15. The van der Waals surface area contributed by atoms with Gasteiger partial charge in [0.05, 0.1) is 18.7 Å². The van der Waals surface area contributed by atoms with Gasteiger partial charge < -0.3 is 9.72 Å². The lowest BCUT2D eigenvalue weighted by atomic mass is 9.98. The number of aromatic amines is 1. The molecule has 0 bridgehead atoms. The number of benzene rings is 2. The monoisotopic (exact) mass is 543 g/mol. The molecule has 0 saturated heterocycles. The van der Waals surface area contributed by atoms with Crippen LogP contribution in [0, 0.1) is 13.8 Å². The molecule has 2 aromatic carbocycles. The second kappa shape index (κ2) is 11.9. The van der Waals surface area contributed by atoms with Gasteiger partial charge in [-0.25, -0.2) is 4.68 Å². The summed E-state index contributed by atoms with van der Waals surface area (Å²) in [4.78, 5) is 23.4. The van der Waals surface area contributed by atoms with Gasteiger partial charge in [0, 0.05) is 48.6 Å². The van der Waals surface area contributed by atoms with Gasteiger partial charge in [0.1, 0.15) is 6.04 Å². The molecule has 0 saturated carbocycles. The van der Waals surface area contributed by atoms with Crippen LogP contribution < -0.4 is 5.56 Å². The Hall–Kier alpha value is -3.92. The van der Waals surface area contributed by atoms with E-state index in [9.17, 15) is 4.79 Å². The second-order valence-corrected chi connectivity index (χ2v) is 9.96. The minimum atomic E-state index is -0.596. The lowest BCUT2D eigenvalue weighted by molar-refractivity contribution is 0.169. The number of aromatic nitrogens is 6. The molecule has 5 rings (SSSR count). The number of hydrogen-bond donors (Lipinski definition) is 1. The van der Waals surface area contributed by atoms with Crippen LogP contribution in [-0.2, 0) is 24.4 Å². The maximum atomic E-state index is 13.8. The summed E-state index contributed by atoms with van der Waals surface area (Å²) in [7, 11) is 1.63. The highest BCUT2D eigenvalue weighted by Crippen LogP contribution is 2.32. The topological polar surface area (TPSA) is 102 Å². The van der Waals surface area contributed by atoms with Crippen molar-refractivity contribution < 1.29 is 4.74 Å². The fraction of sp³-hybridized carbons (Fsp3) is 0.276. The molecule has 9 nitrogen and oxygen atoms in total. The van der Waals surface area contributed by atoms with E-state index in [1.807, 2.05) is 68.6 Å². The van der Waals surface area contributed by atoms with Gasteiger partial charge in [0.25, 0.3) is 5.56 Å². The van der Waals surface area contributed by atoms with Crippen molar-refractivity contribution in [3.8, 4) is 0 Å². The number of rotatable bonds is 10. The number of hydrogen-bond acceptors (Lipinski definition) is 7. The average Bonchev–Trinajstić information content (AvgIpc) is 3.40. The summed E-state index contributed by atoms with van der Waals surface area (Å²) in [5.74, 6) is 0.540. The first-order valence-electron chi connectivity index (χ1n) is 12.7. The van der Waals surface area contributed by atoms with Crippen molar-refractivity contribution in [2.75, 3.05) is 13.7 Å². The largest absolute Gasteiger partial charge is 0.383 e. The first-order valence-corrected chi connectivity index (χ1v) is 13.1. The molecule has 10 heteroatoms. The van der Waals surface area contributed by atoms with E-state index in [4.69, 9.17) is 16.3 Å². The summed E-state index contributed by atoms with van der Waals surface area (Å²) >= 11 is 6.63. The standard InChI is InChI=1S/C29H30ClN7O2/c1-19-10-11-20(2)26-23(19)15-24(29(38)32-26)27(28-33-34-35-37(28)13-14-39-3)36(17-21-7-6-12-31-16-21)18-22-8-4-5-9-25(22)30/h4-12,15-16,27H,13-14,17-18H2,1-3H3,(H,32,38)/t27-/m1/s1. The highest BCUT2D eigenvalue weighted by atomic mass is 35.5. The highest BCUT2D eigenvalue weighted by Gasteiger charge is 2.31. The molecule has 0 fully saturated rings. The van der Waals surface area contributed by atoms with Crippen LogP contribution in [-0.4, -0.2) is 48.8 Å². The van der Waals surface area contributed by atoms with Crippen LogP contribution in [0.2, 0.25) is 5.02 Å². The molecule has 0 aliphatic heterocycles. The van der Waals surface area contributed by atoms with E-state index >= 15 is 0 Å². The van der Waals surface area contributed by atoms with Crippen molar-refractivity contribution in [2.45, 2.75) is 39.5 Å². The van der Waals surface area contributed by atoms with Crippen LogP contribution in [0.3, 0.4) is 0 Å². The number of methoxy groups -OCH3 is 1. The van der Waals surface area contributed by atoms with E-state index in [0.717, 1.165) is 33.2 Å². The quantitative estimate of drug-likeness (QED) is 0.274. The average molecular weight is 544 g/mol. The van der Waals surface area contributed by atoms with Gasteiger partial charge in [-0.15, -0.1) is 5.10 Å². The Kier molecular flexibility index (Phi) is 8.11. The summed E-state index contributed by atoms with van der Waals surface area (Å²) in [6.45, 7) is 5.81. The molecule has 0 aliphatic carbocycles. The molecule has 200 valence electrons. The lowest BCUT2D eigenvalue weighted by Crippen LogP contribution is -2.35. The van der Waals surface area contributed by atoms with E-state index < -0.39 is 6.04 Å². The van der Waals surface area contributed by atoms with Gasteiger partial charge in [-0.1, -0.05) is 48.0 Å². The molecular weight excluding hydrogens is 514 g/mol. The van der Waals surface area contributed by atoms with Crippen LogP contribution in [0.4, 0.5) is 0 Å². The fourth-order valence-electron chi connectivity index (χ4n) is 4.85. The fourth-order valence-corrected chi connectivity index (χ4v) is 5.04. The van der Waals surface area contributed by atoms with E-state index in [-0.39, 0.29) is 5.56 Å². The van der Waals surface area contributed by atoms with Crippen LogP contribution in [0.25, 0.3) is 10.9 Å². The number of aryl methyl sites for hydroxylation is 2. The Morgan fingerprint density at radius 3 is 2.67 bits per heavy atom. The van der Waals surface area contributed by atoms with Crippen molar-refractivity contribution >= 4 is 22.5 Å². The third-order valence-electron chi connectivity index (χ3n) is 6.88. The molecule has 0 unspecified atom stereocenters. The molecule has 0 radical (unpaired) electrons. The summed E-state index contributed by atoms with van der Waals surface area (Å²) in [6.07, 6.45) is 3.56. The highest BCUT2D eigenvalue weighted by molar-refractivity contribution is 6.31. The number of fused-ring (bicyclic) bond motifs is 1. The zero-order valence-electron chi connectivity index (χ0n) is 22.1. The number of nitrogens with one attached hydrogen (secondary N) is 1. The number of pyridine rings is 2. The molecule has 0 aliphatic rings. The molecule has 39 heavy (non-hydrogen) atoms. The Morgan fingerprint density at radius 2 is 1.90 bits per heavy atom. The van der Waals surface area contributed by atoms with Gasteiger partial charge in [-0.05, 0) is 64.7 Å². The molecule has 0 spiro atoms. The predicted octanol–water partition coefficient (Wildman–Crippen LogP) is 4.62. The Balaban J connectivity index is 1.73. The van der Waals surface area contributed by atoms with Crippen LogP contribution in [0.15, 0.2) is 71.8 Å². The summed E-state index contributed by atoms with van der Waals surface area (Å²) < 4.78 is 7.01. The van der Waals surface area contributed by atoms with Crippen molar-refractivity contribution in [3.63, 3.8) is 0 Å². The lowest BCUT2D eigenvalue weighted by Gasteiger charge is -2.31. The van der Waals surface area contributed by atoms with Crippen LogP contribution in [0.1, 0.15) is 39.7 Å². The van der Waals surface area contributed by atoms with Gasteiger partial charge in [0.2, 0.25) is 0 Å². The Bertz CT molecular complexity index is 1630. The van der Waals surface area contributed by atoms with E-state index in [1.165, 1.54) is 0 Å². The first-order chi connectivity index (χ1) is 19.0. The van der Waals surface area contributed by atoms with E-state index in [2.05, 4.69) is 36.5 Å². The van der Waals surface area contributed by atoms with E-state index in [1.54, 1.807) is 18.0 Å². The van der Waals surface area contributed by atoms with Crippen molar-refractivity contribution in [2.24, 2.45) is 0 Å². The maximum absolute atomic E-state index is 13.8. The minimum absolute atomic E-state index is 0.196. The second-order valence-electron chi connectivity index (χ2n) is 9.56. The van der Waals surface area contributed by atoms with Crippen molar-refractivity contribution in [3.05, 3.63) is 116 Å². The summed E-state index contributed by atoms with van der Waals surface area (Å²) in [5, 5.41) is 14.3. The number of ether oxygens (including phenoxy) is 1. The molecule has 3 heterocycles. The van der Waals surface area contributed by atoms with Crippen molar-refractivity contribution in [1.29, 1.82) is 0 Å². The van der Waals surface area contributed by atoms with Crippen LogP contribution >= 0.6 is 11.6 Å². The smallest absolute Gasteiger partial charge is 0.253 e. The molecule has 5 aromatic rings. The molecule has 3 aromatic heterocycles. The van der Waals surface area contributed by atoms with Gasteiger partial charge in [-0.3, -0.25) is 14.7 Å². The predicted molar refractivity (Wildman–Crippen MR) is 151 cm³/mol. The molecule has 1 N–H and O–H groups in total. The molecule has 1 atom stereocenters. The molecule has 0 amide bonds. The minimum Gasteiger partial charge on any atom is -0.383 e. The summed E-state index contributed by atoms with van der Waals surface area (Å²) in [6, 6.07) is 17.1. The maximum Gasteiger partial charge on any atom is 0.253 e. The zero-order chi connectivity index (χ0) is 27.4. The van der Waals surface area contributed by atoms with Crippen LogP contribution in [0.5, 0.6) is 0 Å². The Morgan fingerprint density at radius 1 is 1.08 bits per heavy atom. The normalized spacial score (nSPS) is 12.3. The van der Waals surface area contributed by atoms with Gasteiger partial charge >= 0.3 is 0 Å². The first kappa shape index (κ1) is 26.7. The van der Waals surface area contributed by atoms with Crippen molar-refractivity contribution in [1.82, 2.24) is 35.1 Å². The SMILES string of the molecule is COCCn1nnnc1[C@@H](c1cc2c(C)ccc(C)c2[nH]c1=O)N(Cc1cccnc1)Cc1ccccc1Cl. The van der Waals surface area contributed by atoms with Gasteiger partial charge in [-0.2, -0.15) is 0 Å². The van der Waals surface area contributed by atoms with Gasteiger partial charge in [0.15, 0.2) is 5.82 Å².